The Morgan fingerprint density at radius 3 is 2.90 bits per heavy atom. The lowest BCUT2D eigenvalue weighted by Crippen LogP contribution is -2.21. The number of methoxy groups -OCH3 is 1. The van der Waals surface area contributed by atoms with Crippen LogP contribution in [0.15, 0.2) is 53.1 Å². The van der Waals surface area contributed by atoms with Crippen molar-refractivity contribution >= 4 is 0 Å². The molecule has 31 heavy (non-hydrogen) atoms. The maximum atomic E-state index is 6.06. The number of hydrogen-bond acceptors (Lipinski definition) is 8. The van der Waals surface area contributed by atoms with Gasteiger partial charge >= 0.3 is 0 Å². The first-order valence-electron chi connectivity index (χ1n) is 9.84. The number of aromatic nitrogens is 4. The summed E-state index contributed by atoms with van der Waals surface area (Å²) in [6, 6.07) is 15.3. The standard InChI is InChI=1S/C22H18N4O5/c1-27-17-5-3-2-4-15(17)21-23-22(31-25-21)16-9-14-11-28-20(10-26(14)24-16)13-6-7-18-19(8-13)30-12-29-18/h2-9,20H,10-12H2,1H3/t20-/m0/s1. The Balaban J connectivity index is 1.26. The van der Waals surface area contributed by atoms with Crippen molar-refractivity contribution < 1.29 is 23.5 Å². The fraction of sp³-hybridized carbons (Fsp3) is 0.227. The summed E-state index contributed by atoms with van der Waals surface area (Å²) in [7, 11) is 1.61. The van der Waals surface area contributed by atoms with E-state index in [-0.39, 0.29) is 12.9 Å². The largest absolute Gasteiger partial charge is 0.496 e. The highest BCUT2D eigenvalue weighted by molar-refractivity contribution is 5.65. The van der Waals surface area contributed by atoms with E-state index in [0.29, 0.717) is 36.3 Å². The molecule has 0 spiro atoms. The summed E-state index contributed by atoms with van der Waals surface area (Å²) in [5.41, 5.74) is 3.33. The molecule has 4 aromatic rings. The molecule has 156 valence electrons. The topological polar surface area (TPSA) is 93.7 Å². The molecule has 2 aliphatic heterocycles. The molecule has 0 aliphatic carbocycles. The van der Waals surface area contributed by atoms with Crippen LogP contribution in [-0.2, 0) is 17.9 Å². The van der Waals surface area contributed by atoms with Gasteiger partial charge in [-0.2, -0.15) is 10.1 Å². The third-order valence-electron chi connectivity index (χ3n) is 5.40. The number of fused-ring (bicyclic) bond motifs is 2. The second-order valence-electron chi connectivity index (χ2n) is 7.24. The average Bonchev–Trinajstić information content (AvgIpc) is 3.56. The average molecular weight is 418 g/mol. The Kier molecular flexibility index (Phi) is 4.13. The van der Waals surface area contributed by atoms with E-state index in [1.807, 2.05) is 53.2 Å². The highest BCUT2D eigenvalue weighted by atomic mass is 16.7. The molecular formula is C22H18N4O5. The zero-order valence-corrected chi connectivity index (χ0v) is 16.6. The van der Waals surface area contributed by atoms with Crippen molar-refractivity contribution in [1.82, 2.24) is 19.9 Å². The molecule has 0 radical (unpaired) electrons. The number of para-hydroxylation sites is 1. The SMILES string of the molecule is COc1ccccc1-c1noc(-c2cc3n(n2)C[C@@H](c2ccc4c(c2)OCO4)OC3)n1. The summed E-state index contributed by atoms with van der Waals surface area (Å²) < 4.78 is 29.7. The van der Waals surface area contributed by atoms with Crippen molar-refractivity contribution in [2.75, 3.05) is 13.9 Å². The first kappa shape index (κ1) is 18.0. The molecule has 0 saturated carbocycles. The van der Waals surface area contributed by atoms with Crippen LogP contribution < -0.4 is 14.2 Å². The molecule has 4 heterocycles. The highest BCUT2D eigenvalue weighted by Crippen LogP contribution is 2.37. The van der Waals surface area contributed by atoms with Gasteiger partial charge in [0.1, 0.15) is 11.9 Å². The van der Waals surface area contributed by atoms with Crippen LogP contribution in [-0.4, -0.2) is 33.8 Å². The number of nitrogens with zero attached hydrogens (tertiary/aromatic N) is 4. The predicted octanol–water partition coefficient (Wildman–Crippen LogP) is 3.61. The van der Waals surface area contributed by atoms with Crippen LogP contribution in [0.2, 0.25) is 0 Å². The third-order valence-corrected chi connectivity index (χ3v) is 5.40. The summed E-state index contributed by atoms with van der Waals surface area (Å²) in [6.45, 7) is 1.25. The van der Waals surface area contributed by atoms with Gasteiger partial charge in [0.25, 0.3) is 5.89 Å². The van der Waals surface area contributed by atoms with Crippen molar-refractivity contribution in [3.8, 4) is 40.2 Å². The van der Waals surface area contributed by atoms with E-state index in [1.165, 1.54) is 0 Å². The molecule has 0 unspecified atom stereocenters. The molecule has 9 nitrogen and oxygen atoms in total. The van der Waals surface area contributed by atoms with Crippen molar-refractivity contribution in [3.05, 3.63) is 59.8 Å². The quantitative estimate of drug-likeness (QED) is 0.496. The van der Waals surface area contributed by atoms with E-state index >= 15 is 0 Å². The van der Waals surface area contributed by atoms with Crippen molar-refractivity contribution in [3.63, 3.8) is 0 Å². The lowest BCUT2D eigenvalue weighted by Gasteiger charge is -2.24. The third kappa shape index (κ3) is 3.10. The van der Waals surface area contributed by atoms with Gasteiger partial charge in [0.05, 0.1) is 31.5 Å². The zero-order valence-electron chi connectivity index (χ0n) is 16.6. The van der Waals surface area contributed by atoms with Gasteiger partial charge in [-0.3, -0.25) is 4.68 Å². The van der Waals surface area contributed by atoms with Gasteiger partial charge in [-0.15, -0.1) is 0 Å². The van der Waals surface area contributed by atoms with Gasteiger partial charge in [-0.1, -0.05) is 23.4 Å². The second-order valence-corrected chi connectivity index (χ2v) is 7.24. The summed E-state index contributed by atoms with van der Waals surface area (Å²) in [6.07, 6.45) is -0.137. The zero-order chi connectivity index (χ0) is 20.8. The smallest absolute Gasteiger partial charge is 0.278 e. The Hall–Kier alpha value is -3.85. The molecular weight excluding hydrogens is 400 g/mol. The molecule has 0 fully saturated rings. The Labute approximate surface area is 177 Å². The predicted molar refractivity (Wildman–Crippen MR) is 108 cm³/mol. The lowest BCUT2D eigenvalue weighted by atomic mass is 10.1. The van der Waals surface area contributed by atoms with Gasteiger partial charge in [-0.05, 0) is 35.9 Å². The maximum Gasteiger partial charge on any atom is 0.278 e. The Bertz CT molecular complexity index is 1260. The summed E-state index contributed by atoms with van der Waals surface area (Å²) >= 11 is 0. The summed E-state index contributed by atoms with van der Waals surface area (Å²) in [5, 5.41) is 8.77. The van der Waals surface area contributed by atoms with Gasteiger partial charge < -0.3 is 23.5 Å². The molecule has 2 aliphatic rings. The highest BCUT2D eigenvalue weighted by Gasteiger charge is 2.26. The number of rotatable bonds is 4. The summed E-state index contributed by atoms with van der Waals surface area (Å²) in [5.74, 6) is 2.97. The molecule has 2 aromatic heterocycles. The van der Waals surface area contributed by atoms with Gasteiger partial charge in [0.2, 0.25) is 12.6 Å². The Morgan fingerprint density at radius 2 is 1.97 bits per heavy atom. The Morgan fingerprint density at radius 1 is 1.06 bits per heavy atom. The van der Waals surface area contributed by atoms with E-state index in [0.717, 1.165) is 28.3 Å². The fourth-order valence-electron chi connectivity index (χ4n) is 3.81. The van der Waals surface area contributed by atoms with E-state index in [4.69, 9.17) is 23.5 Å². The lowest BCUT2D eigenvalue weighted by molar-refractivity contribution is -0.00122. The fourth-order valence-corrected chi connectivity index (χ4v) is 3.81. The minimum Gasteiger partial charge on any atom is -0.496 e. The van der Waals surface area contributed by atoms with Crippen LogP contribution in [0.4, 0.5) is 0 Å². The number of benzene rings is 2. The molecule has 0 N–H and O–H groups in total. The van der Waals surface area contributed by atoms with Crippen LogP contribution >= 0.6 is 0 Å². The van der Waals surface area contributed by atoms with E-state index in [2.05, 4.69) is 15.2 Å². The summed E-state index contributed by atoms with van der Waals surface area (Å²) in [4.78, 5) is 4.51. The monoisotopic (exact) mass is 418 g/mol. The van der Waals surface area contributed by atoms with Gasteiger partial charge in [0, 0.05) is 0 Å². The molecule has 0 amide bonds. The maximum absolute atomic E-state index is 6.06. The van der Waals surface area contributed by atoms with E-state index in [9.17, 15) is 0 Å². The molecule has 1 atom stereocenters. The van der Waals surface area contributed by atoms with Crippen LogP contribution in [0.25, 0.3) is 23.0 Å². The first-order chi connectivity index (χ1) is 15.3. The molecule has 6 rings (SSSR count). The van der Waals surface area contributed by atoms with Crippen LogP contribution in [0.1, 0.15) is 17.4 Å². The van der Waals surface area contributed by atoms with Crippen molar-refractivity contribution in [2.45, 2.75) is 19.3 Å². The minimum absolute atomic E-state index is 0.137. The molecule has 0 bridgehead atoms. The minimum atomic E-state index is -0.137. The molecule has 2 aromatic carbocycles. The van der Waals surface area contributed by atoms with Crippen LogP contribution in [0.5, 0.6) is 17.2 Å². The van der Waals surface area contributed by atoms with Gasteiger partial charge in [0.15, 0.2) is 17.2 Å². The van der Waals surface area contributed by atoms with E-state index < -0.39 is 0 Å². The molecule has 9 heteroatoms. The molecule has 0 saturated heterocycles. The number of hydrogen-bond donors (Lipinski definition) is 0. The van der Waals surface area contributed by atoms with E-state index in [1.54, 1.807) is 7.11 Å². The van der Waals surface area contributed by atoms with Gasteiger partial charge in [-0.25, -0.2) is 0 Å². The van der Waals surface area contributed by atoms with Crippen molar-refractivity contribution in [1.29, 1.82) is 0 Å². The van der Waals surface area contributed by atoms with Crippen molar-refractivity contribution in [2.24, 2.45) is 0 Å². The number of ether oxygens (including phenoxy) is 4. The normalized spacial score (nSPS) is 16.9. The van der Waals surface area contributed by atoms with Crippen LogP contribution in [0, 0.1) is 0 Å². The first-order valence-corrected chi connectivity index (χ1v) is 9.84. The second kappa shape index (κ2) is 7.13. The van der Waals surface area contributed by atoms with Crippen LogP contribution in [0.3, 0.4) is 0 Å².